The Hall–Kier alpha value is -1.76. The molecule has 0 heterocycles. The van der Waals surface area contributed by atoms with E-state index in [4.69, 9.17) is 5.26 Å². The maximum atomic E-state index is 12.6. The zero-order valence-electron chi connectivity index (χ0n) is 17.8. The summed E-state index contributed by atoms with van der Waals surface area (Å²) < 4.78 is 37.9. The summed E-state index contributed by atoms with van der Waals surface area (Å²) in [6.45, 7) is 0. The summed E-state index contributed by atoms with van der Waals surface area (Å²) in [5.74, 6) is 3.23. The number of nitrogens with zero attached hydrogens (tertiary/aromatic N) is 1. The second kappa shape index (κ2) is 11.0. The highest BCUT2D eigenvalue weighted by Gasteiger charge is 2.31. The van der Waals surface area contributed by atoms with E-state index in [9.17, 15) is 13.2 Å². The van der Waals surface area contributed by atoms with Crippen LogP contribution in [0.25, 0.3) is 0 Å². The fourth-order valence-electron chi connectivity index (χ4n) is 5.56. The highest BCUT2D eigenvalue weighted by molar-refractivity contribution is 5.24. The molecule has 0 saturated heterocycles. The molecule has 1 aromatic carbocycles. The van der Waals surface area contributed by atoms with Crippen LogP contribution in [0, 0.1) is 35.0 Å². The van der Waals surface area contributed by atoms with Crippen molar-refractivity contribution in [3.8, 4) is 6.07 Å². The molecule has 0 bridgehead atoms. The second-order valence-corrected chi connectivity index (χ2v) is 9.38. The Labute approximate surface area is 179 Å². The van der Waals surface area contributed by atoms with Crippen molar-refractivity contribution in [2.45, 2.75) is 83.2 Å². The molecule has 2 aliphatic rings. The molecule has 0 radical (unpaired) electrons. The summed E-state index contributed by atoms with van der Waals surface area (Å²) >= 11 is 0. The molecule has 0 amide bonds. The number of aryl methyl sites for hydroxylation is 1. The van der Waals surface area contributed by atoms with Crippen molar-refractivity contribution in [3.05, 3.63) is 47.5 Å². The van der Waals surface area contributed by atoms with E-state index in [2.05, 4.69) is 12.1 Å². The predicted octanol–water partition coefficient (Wildman–Crippen LogP) is 8.11. The van der Waals surface area contributed by atoms with Gasteiger partial charge >= 0.3 is 6.18 Å². The first-order valence-corrected chi connectivity index (χ1v) is 11.7. The van der Waals surface area contributed by atoms with E-state index in [0.29, 0.717) is 5.92 Å². The van der Waals surface area contributed by atoms with E-state index >= 15 is 0 Å². The third-order valence-corrected chi connectivity index (χ3v) is 7.43. The number of rotatable bonds is 7. The van der Waals surface area contributed by atoms with E-state index < -0.39 is 11.7 Å². The second-order valence-electron chi connectivity index (χ2n) is 9.38. The number of unbranched alkanes of at least 4 members (excludes halogenated alkanes) is 1. The summed E-state index contributed by atoms with van der Waals surface area (Å²) in [6, 6.07) is 7.76. The topological polar surface area (TPSA) is 23.8 Å². The molecule has 2 saturated carbocycles. The molecule has 0 unspecified atom stereocenters. The lowest BCUT2D eigenvalue weighted by Crippen LogP contribution is -2.25. The largest absolute Gasteiger partial charge is 0.416 e. The third-order valence-electron chi connectivity index (χ3n) is 7.43. The van der Waals surface area contributed by atoms with Crippen molar-refractivity contribution in [3.63, 3.8) is 0 Å². The maximum absolute atomic E-state index is 12.6. The number of alkyl halides is 3. The van der Waals surface area contributed by atoms with Gasteiger partial charge in [0.15, 0.2) is 0 Å². The van der Waals surface area contributed by atoms with Crippen LogP contribution in [0.4, 0.5) is 13.2 Å². The Morgan fingerprint density at radius 3 is 2.03 bits per heavy atom. The molecular formula is C26H34F3N. The average Bonchev–Trinajstić information content (AvgIpc) is 2.76. The molecule has 1 nitrogen and oxygen atoms in total. The molecule has 2 fully saturated rings. The molecule has 0 N–H and O–H groups in total. The standard InChI is InChI=1S/C26H34F3N/c27-26(28,29)25-17-11-21(12-18-25)5-2-1-4-20-7-13-23(14-8-20)24-15-9-22(10-16-24)6-3-19-30/h3,6,11-12,17-18,20,22-24H,1-2,4-5,7-10,13-16H2/b6-3+/t20-,22?,23-,24?. The lowest BCUT2D eigenvalue weighted by molar-refractivity contribution is -0.137. The van der Waals surface area contributed by atoms with Crippen LogP contribution in [-0.2, 0) is 12.6 Å². The minimum absolute atomic E-state index is 0.560. The number of benzene rings is 1. The van der Waals surface area contributed by atoms with Gasteiger partial charge in [0.25, 0.3) is 0 Å². The molecule has 4 heteroatoms. The van der Waals surface area contributed by atoms with Crippen LogP contribution in [0.15, 0.2) is 36.4 Å². The van der Waals surface area contributed by atoms with Gasteiger partial charge in [0.05, 0.1) is 11.6 Å². The molecule has 0 atom stereocenters. The first kappa shape index (κ1) is 22.9. The van der Waals surface area contributed by atoms with Gasteiger partial charge in [-0.1, -0.05) is 43.9 Å². The van der Waals surface area contributed by atoms with Crippen molar-refractivity contribution in [1.82, 2.24) is 0 Å². The number of hydrogen-bond donors (Lipinski definition) is 0. The summed E-state index contributed by atoms with van der Waals surface area (Å²) in [6.07, 6.45) is 14.4. The van der Waals surface area contributed by atoms with E-state index in [0.717, 1.165) is 36.2 Å². The summed E-state index contributed by atoms with van der Waals surface area (Å²) in [5.41, 5.74) is 0.446. The van der Waals surface area contributed by atoms with Gasteiger partial charge in [0.1, 0.15) is 0 Å². The molecule has 30 heavy (non-hydrogen) atoms. The fourth-order valence-corrected chi connectivity index (χ4v) is 5.56. The van der Waals surface area contributed by atoms with Crippen LogP contribution in [0.2, 0.25) is 0 Å². The van der Waals surface area contributed by atoms with Crippen LogP contribution in [0.1, 0.15) is 81.8 Å². The van der Waals surface area contributed by atoms with Gasteiger partial charge in [0.2, 0.25) is 0 Å². The van der Waals surface area contributed by atoms with Gasteiger partial charge in [-0.3, -0.25) is 0 Å². The van der Waals surface area contributed by atoms with Crippen LogP contribution in [0.3, 0.4) is 0 Å². The van der Waals surface area contributed by atoms with E-state index in [1.807, 2.05) is 0 Å². The number of halogens is 3. The van der Waals surface area contributed by atoms with Gasteiger partial charge in [-0.05, 0) is 92.7 Å². The Kier molecular flexibility index (Phi) is 8.42. The van der Waals surface area contributed by atoms with Gasteiger partial charge < -0.3 is 0 Å². The molecular weight excluding hydrogens is 383 g/mol. The first-order valence-electron chi connectivity index (χ1n) is 11.7. The smallest absolute Gasteiger partial charge is 0.193 e. The molecule has 1 aromatic rings. The molecule has 164 valence electrons. The summed E-state index contributed by atoms with van der Waals surface area (Å²) in [5, 5.41) is 8.68. The average molecular weight is 418 g/mol. The predicted molar refractivity (Wildman–Crippen MR) is 115 cm³/mol. The quantitative estimate of drug-likeness (QED) is 0.325. The minimum Gasteiger partial charge on any atom is -0.193 e. The maximum Gasteiger partial charge on any atom is 0.416 e. The molecule has 0 aromatic heterocycles. The molecule has 0 aliphatic heterocycles. The van der Waals surface area contributed by atoms with Crippen molar-refractivity contribution in [2.24, 2.45) is 23.7 Å². The number of hydrogen-bond acceptors (Lipinski definition) is 1. The number of nitriles is 1. The van der Waals surface area contributed by atoms with E-state index in [1.54, 1.807) is 18.2 Å². The zero-order valence-corrected chi connectivity index (χ0v) is 17.8. The lowest BCUT2D eigenvalue weighted by atomic mass is 9.68. The van der Waals surface area contributed by atoms with Crippen LogP contribution < -0.4 is 0 Å². The minimum atomic E-state index is -4.24. The first-order chi connectivity index (χ1) is 14.5. The fraction of sp³-hybridized carbons (Fsp3) is 0.654. The van der Waals surface area contributed by atoms with Crippen molar-refractivity contribution in [1.29, 1.82) is 5.26 Å². The van der Waals surface area contributed by atoms with E-state index in [1.165, 1.54) is 76.3 Å². The van der Waals surface area contributed by atoms with Gasteiger partial charge in [-0.2, -0.15) is 18.4 Å². The Bertz CT molecular complexity index is 697. The van der Waals surface area contributed by atoms with Gasteiger partial charge in [0, 0.05) is 6.08 Å². The summed E-state index contributed by atoms with van der Waals surface area (Å²) in [7, 11) is 0. The van der Waals surface area contributed by atoms with Crippen LogP contribution in [0.5, 0.6) is 0 Å². The molecule has 3 rings (SSSR count). The van der Waals surface area contributed by atoms with Crippen LogP contribution in [-0.4, -0.2) is 0 Å². The normalized spacial score (nSPS) is 27.8. The van der Waals surface area contributed by atoms with Gasteiger partial charge in [-0.15, -0.1) is 0 Å². The van der Waals surface area contributed by atoms with Crippen molar-refractivity contribution >= 4 is 0 Å². The molecule has 0 spiro atoms. The van der Waals surface area contributed by atoms with Crippen molar-refractivity contribution in [2.75, 3.05) is 0 Å². The highest BCUT2D eigenvalue weighted by Crippen LogP contribution is 2.42. The van der Waals surface area contributed by atoms with Gasteiger partial charge in [-0.25, -0.2) is 0 Å². The SMILES string of the molecule is N#C/C=C/C1CCC([C@H]2CC[C@H](CCCCc3ccc(C(F)(F)F)cc3)CC2)CC1. The number of allylic oxidation sites excluding steroid dienone is 2. The zero-order chi connectivity index (χ0) is 21.4. The summed E-state index contributed by atoms with van der Waals surface area (Å²) in [4.78, 5) is 0. The highest BCUT2D eigenvalue weighted by atomic mass is 19.4. The molecule has 2 aliphatic carbocycles. The Balaban J connectivity index is 1.29. The Morgan fingerprint density at radius 1 is 0.867 bits per heavy atom. The van der Waals surface area contributed by atoms with Crippen LogP contribution >= 0.6 is 0 Å². The Morgan fingerprint density at radius 2 is 1.47 bits per heavy atom. The van der Waals surface area contributed by atoms with E-state index in [-0.39, 0.29) is 0 Å². The van der Waals surface area contributed by atoms with Crippen molar-refractivity contribution < 1.29 is 13.2 Å². The lowest BCUT2D eigenvalue weighted by Gasteiger charge is -2.37. The monoisotopic (exact) mass is 417 g/mol. The third kappa shape index (κ3) is 6.89.